The molecular formula is C25H27NO4. The summed E-state index contributed by atoms with van der Waals surface area (Å²) in [5.74, 6) is -0.0741. The van der Waals surface area contributed by atoms with Gasteiger partial charge in [-0.15, -0.1) is 0 Å². The molecule has 1 amide bonds. The molecule has 4 rings (SSSR count). The number of nitrogens with zero attached hydrogens (tertiary/aromatic N) is 1. The second kappa shape index (κ2) is 8.07. The normalized spacial score (nSPS) is 16.0. The summed E-state index contributed by atoms with van der Waals surface area (Å²) < 4.78 is 11.7. The summed E-state index contributed by atoms with van der Waals surface area (Å²) in [5.41, 5.74) is 3.73. The Morgan fingerprint density at radius 3 is 2.47 bits per heavy atom. The Kier molecular flexibility index (Phi) is 5.48. The Hall–Kier alpha value is -2.92. The highest BCUT2D eigenvalue weighted by Crippen LogP contribution is 2.38. The van der Waals surface area contributed by atoms with Crippen LogP contribution in [0, 0.1) is 13.8 Å². The summed E-state index contributed by atoms with van der Waals surface area (Å²) >= 11 is 0. The largest absolute Gasteiger partial charge is 0.450 e. The van der Waals surface area contributed by atoms with E-state index in [1.54, 1.807) is 4.90 Å². The first-order valence-electron chi connectivity index (χ1n) is 10.4. The third-order valence-electron chi connectivity index (χ3n) is 5.69. The molecule has 0 bridgehead atoms. The quantitative estimate of drug-likeness (QED) is 0.554. The van der Waals surface area contributed by atoms with Crippen molar-refractivity contribution in [3.63, 3.8) is 0 Å². The summed E-state index contributed by atoms with van der Waals surface area (Å²) in [6.45, 7) is 8.97. The molecular weight excluding hydrogens is 378 g/mol. The maximum Gasteiger partial charge on any atom is 0.290 e. The summed E-state index contributed by atoms with van der Waals surface area (Å²) in [4.78, 5) is 28.6. The van der Waals surface area contributed by atoms with Gasteiger partial charge in [0, 0.05) is 13.2 Å². The van der Waals surface area contributed by atoms with Crippen molar-refractivity contribution in [1.29, 1.82) is 0 Å². The van der Waals surface area contributed by atoms with Crippen LogP contribution in [0.4, 0.5) is 0 Å². The third-order valence-corrected chi connectivity index (χ3v) is 5.69. The lowest BCUT2D eigenvalue weighted by Crippen LogP contribution is -2.31. The van der Waals surface area contributed by atoms with E-state index in [0.717, 1.165) is 16.7 Å². The van der Waals surface area contributed by atoms with Crippen molar-refractivity contribution in [2.24, 2.45) is 0 Å². The van der Waals surface area contributed by atoms with E-state index in [4.69, 9.17) is 9.15 Å². The van der Waals surface area contributed by atoms with E-state index in [1.165, 1.54) is 0 Å². The number of rotatable bonds is 6. The zero-order chi connectivity index (χ0) is 21.4. The number of ether oxygens (including phenoxy) is 1. The summed E-state index contributed by atoms with van der Waals surface area (Å²) in [6.07, 6.45) is 0.828. The Labute approximate surface area is 176 Å². The molecule has 3 aromatic rings. The molecule has 1 aliphatic heterocycles. The minimum absolute atomic E-state index is 0.127. The van der Waals surface area contributed by atoms with E-state index in [0.29, 0.717) is 36.1 Å². The summed E-state index contributed by atoms with van der Waals surface area (Å²) in [7, 11) is 0. The summed E-state index contributed by atoms with van der Waals surface area (Å²) in [6, 6.07) is 12.9. The van der Waals surface area contributed by atoms with Crippen molar-refractivity contribution in [3.8, 4) is 0 Å². The fourth-order valence-corrected chi connectivity index (χ4v) is 4.04. The number of carbonyl (C=O) groups is 1. The van der Waals surface area contributed by atoms with E-state index in [-0.39, 0.29) is 23.2 Å². The lowest BCUT2D eigenvalue weighted by molar-refractivity contribution is 0.0593. The fraction of sp³-hybridized carbons (Fsp3) is 0.360. The number of aryl methyl sites for hydroxylation is 2. The smallest absolute Gasteiger partial charge is 0.290 e. The average Bonchev–Trinajstić information content (AvgIpc) is 3.00. The topological polar surface area (TPSA) is 59.8 Å². The lowest BCUT2D eigenvalue weighted by Gasteiger charge is -2.25. The minimum Gasteiger partial charge on any atom is -0.450 e. The molecule has 0 radical (unpaired) electrons. The molecule has 156 valence electrons. The van der Waals surface area contributed by atoms with Gasteiger partial charge in [0.2, 0.25) is 5.76 Å². The molecule has 0 aliphatic carbocycles. The maximum absolute atomic E-state index is 13.5. The first-order chi connectivity index (χ1) is 14.4. The molecule has 0 spiro atoms. The first-order valence-corrected chi connectivity index (χ1v) is 10.4. The van der Waals surface area contributed by atoms with Gasteiger partial charge in [0.1, 0.15) is 5.58 Å². The number of amides is 1. The highest BCUT2D eigenvalue weighted by Gasteiger charge is 2.42. The maximum atomic E-state index is 13.5. The Balaban J connectivity index is 1.83. The van der Waals surface area contributed by atoms with Crippen LogP contribution in [0.5, 0.6) is 0 Å². The van der Waals surface area contributed by atoms with Crippen LogP contribution in [0.1, 0.15) is 59.1 Å². The van der Waals surface area contributed by atoms with E-state index in [1.807, 2.05) is 70.2 Å². The van der Waals surface area contributed by atoms with Crippen LogP contribution in [0.2, 0.25) is 0 Å². The molecule has 1 atom stereocenters. The Bertz CT molecular complexity index is 1150. The zero-order valence-electron chi connectivity index (χ0n) is 17.9. The lowest BCUT2D eigenvalue weighted by atomic mass is 9.97. The van der Waals surface area contributed by atoms with Gasteiger partial charge in [-0.1, -0.05) is 30.3 Å². The standard InChI is InChI=1S/C25H27NO4/c1-15(2)29-12-8-11-26-22(18-9-6-5-7-10-18)21-23(27)19-13-16(3)17(4)14-20(19)30-24(21)25(26)28/h5-7,9-10,13-15,22H,8,11-12H2,1-4H3. The van der Waals surface area contributed by atoms with E-state index in [9.17, 15) is 9.59 Å². The van der Waals surface area contributed by atoms with Crippen molar-refractivity contribution in [1.82, 2.24) is 4.90 Å². The molecule has 2 heterocycles. The number of hydrogen-bond donors (Lipinski definition) is 0. The average molecular weight is 405 g/mol. The molecule has 1 aromatic heterocycles. The molecule has 1 unspecified atom stereocenters. The number of carbonyl (C=O) groups excluding carboxylic acids is 1. The predicted molar refractivity (Wildman–Crippen MR) is 117 cm³/mol. The first kappa shape index (κ1) is 20.4. The number of hydrogen-bond acceptors (Lipinski definition) is 4. The van der Waals surface area contributed by atoms with Crippen molar-refractivity contribution < 1.29 is 13.9 Å². The minimum atomic E-state index is -0.449. The van der Waals surface area contributed by atoms with Gasteiger partial charge < -0.3 is 14.1 Å². The van der Waals surface area contributed by atoms with Gasteiger partial charge in [-0.25, -0.2) is 0 Å². The monoisotopic (exact) mass is 405 g/mol. The van der Waals surface area contributed by atoms with Crippen molar-refractivity contribution >= 4 is 16.9 Å². The van der Waals surface area contributed by atoms with Crippen LogP contribution in [-0.2, 0) is 4.74 Å². The Morgan fingerprint density at radius 1 is 1.07 bits per heavy atom. The second-order valence-electron chi connectivity index (χ2n) is 8.19. The molecule has 2 aromatic carbocycles. The van der Waals surface area contributed by atoms with Crippen molar-refractivity contribution in [2.45, 2.75) is 46.3 Å². The van der Waals surface area contributed by atoms with Crippen molar-refractivity contribution in [2.75, 3.05) is 13.2 Å². The van der Waals surface area contributed by atoms with Crippen LogP contribution in [0.3, 0.4) is 0 Å². The number of fused-ring (bicyclic) bond motifs is 2. The molecule has 0 saturated heterocycles. The molecule has 5 nitrogen and oxygen atoms in total. The SMILES string of the molecule is Cc1cc2oc3c(c(=O)c2cc1C)C(c1ccccc1)N(CCCOC(C)C)C3=O. The molecule has 0 fully saturated rings. The van der Waals surface area contributed by atoms with Gasteiger partial charge in [0.05, 0.1) is 23.1 Å². The highest BCUT2D eigenvalue weighted by atomic mass is 16.5. The highest BCUT2D eigenvalue weighted by molar-refractivity contribution is 5.99. The van der Waals surface area contributed by atoms with Gasteiger partial charge in [0.15, 0.2) is 5.43 Å². The van der Waals surface area contributed by atoms with Crippen LogP contribution >= 0.6 is 0 Å². The van der Waals surface area contributed by atoms with Gasteiger partial charge >= 0.3 is 0 Å². The molecule has 1 aliphatic rings. The van der Waals surface area contributed by atoms with Gasteiger partial charge in [-0.3, -0.25) is 9.59 Å². The summed E-state index contributed by atoms with van der Waals surface area (Å²) in [5, 5.41) is 0.524. The molecule has 30 heavy (non-hydrogen) atoms. The van der Waals surface area contributed by atoms with Crippen LogP contribution in [-0.4, -0.2) is 30.1 Å². The third kappa shape index (κ3) is 3.54. The van der Waals surface area contributed by atoms with E-state index < -0.39 is 6.04 Å². The van der Waals surface area contributed by atoms with Crippen LogP contribution in [0.15, 0.2) is 51.7 Å². The van der Waals surface area contributed by atoms with Gasteiger partial charge in [-0.05, 0) is 62.9 Å². The molecule has 0 N–H and O–H groups in total. The predicted octanol–water partition coefficient (Wildman–Crippen LogP) is 4.77. The van der Waals surface area contributed by atoms with Gasteiger partial charge in [0.25, 0.3) is 5.91 Å². The van der Waals surface area contributed by atoms with Crippen LogP contribution < -0.4 is 5.43 Å². The van der Waals surface area contributed by atoms with Crippen molar-refractivity contribution in [3.05, 3.63) is 80.7 Å². The Morgan fingerprint density at radius 2 is 1.77 bits per heavy atom. The zero-order valence-corrected chi connectivity index (χ0v) is 17.9. The van der Waals surface area contributed by atoms with Gasteiger partial charge in [-0.2, -0.15) is 0 Å². The van der Waals surface area contributed by atoms with Crippen LogP contribution in [0.25, 0.3) is 11.0 Å². The van der Waals surface area contributed by atoms with E-state index >= 15 is 0 Å². The second-order valence-corrected chi connectivity index (χ2v) is 8.19. The fourth-order valence-electron chi connectivity index (χ4n) is 4.04. The number of benzene rings is 2. The molecule has 0 saturated carbocycles. The molecule has 5 heteroatoms. The van der Waals surface area contributed by atoms with E-state index in [2.05, 4.69) is 0 Å².